The molecule has 114 heavy (non-hydrogen) atoms. The van der Waals surface area contributed by atoms with Crippen LogP contribution in [0.4, 0.5) is 0 Å². The van der Waals surface area contributed by atoms with Gasteiger partial charge in [-0.15, -0.1) is 5.10 Å². The third-order valence-corrected chi connectivity index (χ3v) is 20.9. The van der Waals surface area contributed by atoms with Crippen LogP contribution in [0, 0.1) is 23.2 Å². The van der Waals surface area contributed by atoms with Crippen LogP contribution in [0.15, 0.2) is 6.20 Å². The first-order valence-electron chi connectivity index (χ1n) is 40.2. The molecule has 1 aromatic heterocycles. The molecule has 0 saturated carbocycles. The molecule has 1 aromatic rings. The number of unbranched alkanes of at least 4 members (excludes halogenated alkanes) is 3. The molecule has 4 rings (SSSR count). The maximum Gasteiger partial charge on any atom is 0.163 e. The summed E-state index contributed by atoms with van der Waals surface area (Å²) < 4.78 is 114. The number of aliphatic hydroxyl groups is 9. The molecule has 0 amide bonds. The number of hydrogen-bond donors (Lipinski definition) is 9. The Labute approximate surface area is 675 Å². The van der Waals surface area contributed by atoms with Gasteiger partial charge in [0.05, 0.1) is 209 Å². The van der Waals surface area contributed by atoms with Crippen LogP contribution in [0.1, 0.15) is 129 Å². The largest absolute Gasteiger partial charge is 0.780 e. The number of carbonyl (C=O) groups is 4. The summed E-state index contributed by atoms with van der Waals surface area (Å²) in [5.41, 5.74) is -0.276. The number of ether oxygens (including phenoxy) is 18. The van der Waals surface area contributed by atoms with Gasteiger partial charge in [-0.1, -0.05) is 44.2 Å². The smallest absolute Gasteiger partial charge is 0.163 e. The molecule has 0 radical (unpaired) electrons. The molecule has 0 aliphatic carbocycles. The SMILES string of the molecule is COP([O-])(=S)OCCCCc1cn(CCCCCC(=O)CC(COCCC(=O)CCCOCCOCCOCCOC2OC(CO)C(O)C(O)C2C)(COCCC(=O)CCCOCCOCCOCCOC2OC(CO)C(O)C(O)C2C)COCCC(=O)CCCOCCOCCOCCOC2OC(CO)C(O)C(O)C2C)nn1. The molecule has 0 aromatic carbocycles. The molecule has 9 N–H and O–H groups in total. The maximum atomic E-state index is 14.1. The molecule has 37 nitrogen and oxygen atoms in total. The Morgan fingerprint density at radius 2 is 0.754 bits per heavy atom. The Morgan fingerprint density at radius 3 is 1.10 bits per heavy atom. The molecule has 16 unspecified atom stereocenters. The van der Waals surface area contributed by atoms with Gasteiger partial charge in [-0.3, -0.25) is 23.9 Å². The van der Waals surface area contributed by atoms with Crippen LogP contribution >= 0.6 is 6.72 Å². The van der Waals surface area contributed by atoms with Gasteiger partial charge in [-0.05, 0) is 51.4 Å². The number of Topliss-reactive ketones (excluding diaryl/α,β-unsaturated/α-hetero) is 4. The molecule has 16 atom stereocenters. The lowest BCUT2D eigenvalue weighted by molar-refractivity contribution is -0.284. The summed E-state index contributed by atoms with van der Waals surface area (Å²) in [7, 11) is 1.25. The van der Waals surface area contributed by atoms with Crippen LogP contribution in [0.25, 0.3) is 0 Å². The molecule has 666 valence electrons. The van der Waals surface area contributed by atoms with Crippen LogP contribution in [-0.2, 0) is 138 Å². The first-order valence-corrected chi connectivity index (χ1v) is 42.8. The summed E-state index contributed by atoms with van der Waals surface area (Å²) in [6.45, 7) is 6.70. The lowest BCUT2D eigenvalue weighted by Crippen LogP contribution is -2.55. The van der Waals surface area contributed by atoms with Gasteiger partial charge in [0.15, 0.2) is 18.9 Å². The highest BCUT2D eigenvalue weighted by Crippen LogP contribution is 2.37. The number of aryl methyl sites for hydroxylation is 2. The van der Waals surface area contributed by atoms with Crippen LogP contribution in [0.5, 0.6) is 0 Å². The molecule has 3 saturated heterocycles. The zero-order valence-electron chi connectivity index (χ0n) is 67.3. The Morgan fingerprint density at radius 1 is 0.421 bits per heavy atom. The van der Waals surface area contributed by atoms with Crippen molar-refractivity contribution in [3.63, 3.8) is 0 Å². The van der Waals surface area contributed by atoms with Crippen molar-refractivity contribution in [2.24, 2.45) is 23.2 Å². The molecular formula is C75H135N3O34PS-. The van der Waals surface area contributed by atoms with E-state index in [-0.39, 0.29) is 180 Å². The monoisotopic (exact) mass is 1680 g/mol. The molecule has 3 aliphatic rings. The van der Waals surface area contributed by atoms with E-state index in [0.29, 0.717) is 137 Å². The van der Waals surface area contributed by atoms with Crippen LogP contribution in [-0.4, -0.2) is 370 Å². The molecule has 3 fully saturated rings. The summed E-state index contributed by atoms with van der Waals surface area (Å²) in [4.78, 5) is 65.4. The topological polar surface area (TPSA) is 489 Å². The fourth-order valence-electron chi connectivity index (χ4n) is 12.2. The van der Waals surface area contributed by atoms with Crippen molar-refractivity contribution in [3.8, 4) is 0 Å². The summed E-state index contributed by atoms with van der Waals surface area (Å²) in [6, 6.07) is 0. The standard InChI is InChI=1S/C75H136N3O34PS/c1-55-66(86)69(89)63(49-79)110-72(55)106-44-41-100-38-35-97-32-29-94-22-10-15-59(82)18-26-103-52-75(47-62(85)14-6-5-8-21-78-48-58(76-77-78)13-7-9-25-109-113(92,114)93-4,53-104-27-19-60(83)16-11-23-95-30-33-98-36-39-101-42-45-107-73-56(2)67(87)70(90)64(50-80)111-73)54-105-28-20-61(84)17-12-24-96-31-34-99-37-40-102-43-46-108-74-57(3)68(88)71(91)65(51-81)112-74/h48,55-57,63-74,79-81,86-91H,5-47,49-54H2,1-4H3,(H,92,114)/p-1. The second kappa shape index (κ2) is 63.3. The summed E-state index contributed by atoms with van der Waals surface area (Å²) >= 11 is 4.77. The fraction of sp³-hybridized carbons (Fsp3) is 0.920. The molecule has 0 bridgehead atoms. The Balaban J connectivity index is 1.23. The van der Waals surface area contributed by atoms with Gasteiger partial charge < -0.3 is 145 Å². The predicted octanol–water partition coefficient (Wildman–Crippen LogP) is 0.0471. The first-order chi connectivity index (χ1) is 55.1. The summed E-state index contributed by atoms with van der Waals surface area (Å²) in [5, 5.41) is 97.7. The average molecular weight is 1690 g/mol. The highest BCUT2D eigenvalue weighted by atomic mass is 32.5. The highest BCUT2D eigenvalue weighted by Gasteiger charge is 2.45. The Bertz CT molecular complexity index is 2470. The van der Waals surface area contributed by atoms with Crippen molar-refractivity contribution >= 4 is 41.7 Å². The number of hydrogen-bond acceptors (Lipinski definition) is 37. The third kappa shape index (κ3) is 44.7. The van der Waals surface area contributed by atoms with E-state index in [1.807, 2.05) is 6.20 Å². The van der Waals surface area contributed by atoms with Crippen molar-refractivity contribution in [1.82, 2.24) is 15.0 Å². The van der Waals surface area contributed by atoms with Gasteiger partial charge in [-0.25, -0.2) is 0 Å². The minimum atomic E-state index is -3.46. The number of carbonyl (C=O) groups excluding carboxylic acids is 4. The quantitative estimate of drug-likeness (QED) is 0.0307. The Kier molecular flexibility index (Phi) is 57.5. The minimum absolute atomic E-state index is 0.0165. The second-order valence-corrected chi connectivity index (χ2v) is 31.4. The highest BCUT2D eigenvalue weighted by molar-refractivity contribution is 8.06. The van der Waals surface area contributed by atoms with Crippen molar-refractivity contribution in [2.75, 3.05) is 212 Å². The summed E-state index contributed by atoms with van der Waals surface area (Å²) in [6.07, 6.45) is -3.78. The molecule has 39 heteroatoms. The molecule has 0 spiro atoms. The van der Waals surface area contributed by atoms with E-state index in [1.165, 1.54) is 7.11 Å². The number of aromatic nitrogens is 3. The van der Waals surface area contributed by atoms with Crippen LogP contribution in [0.2, 0.25) is 0 Å². The van der Waals surface area contributed by atoms with E-state index in [4.69, 9.17) is 106 Å². The number of nitrogens with zero attached hydrogens (tertiary/aromatic N) is 3. The van der Waals surface area contributed by atoms with E-state index in [2.05, 4.69) is 10.3 Å². The van der Waals surface area contributed by atoms with Crippen LogP contribution < -0.4 is 4.89 Å². The summed E-state index contributed by atoms with van der Waals surface area (Å²) in [5.74, 6) is -1.76. The van der Waals surface area contributed by atoms with E-state index >= 15 is 0 Å². The van der Waals surface area contributed by atoms with Gasteiger partial charge in [0.1, 0.15) is 66.5 Å². The predicted molar refractivity (Wildman–Crippen MR) is 406 cm³/mol. The van der Waals surface area contributed by atoms with Crippen molar-refractivity contribution in [1.29, 1.82) is 0 Å². The van der Waals surface area contributed by atoms with Crippen molar-refractivity contribution in [2.45, 2.75) is 210 Å². The van der Waals surface area contributed by atoms with Crippen LogP contribution in [0.3, 0.4) is 0 Å². The van der Waals surface area contributed by atoms with Gasteiger partial charge in [0, 0.05) is 114 Å². The Hall–Kier alpha value is -2.73. The average Bonchev–Trinajstić information content (AvgIpc) is 0.880. The van der Waals surface area contributed by atoms with Crippen molar-refractivity contribution in [3.05, 3.63) is 11.9 Å². The number of ketones is 4. The first kappa shape index (κ1) is 104. The molecule has 3 aliphatic heterocycles. The normalized spacial score (nSPS) is 25.1. The van der Waals surface area contributed by atoms with E-state index in [0.717, 1.165) is 12.1 Å². The lowest BCUT2D eigenvalue weighted by atomic mass is 9.84. The minimum Gasteiger partial charge on any atom is -0.780 e. The van der Waals surface area contributed by atoms with Gasteiger partial charge in [-0.2, -0.15) is 0 Å². The second-order valence-electron chi connectivity index (χ2n) is 28.6. The maximum absolute atomic E-state index is 14.1. The van der Waals surface area contributed by atoms with Gasteiger partial charge in [0.25, 0.3) is 0 Å². The molecule has 4 heterocycles. The van der Waals surface area contributed by atoms with Crippen molar-refractivity contribution < 1.29 is 164 Å². The lowest BCUT2D eigenvalue weighted by Gasteiger charge is -2.40. The molecular weight excluding hydrogens is 1550 g/mol. The van der Waals surface area contributed by atoms with E-state index in [9.17, 15) is 70.0 Å². The van der Waals surface area contributed by atoms with E-state index in [1.54, 1.807) is 25.5 Å². The third-order valence-electron chi connectivity index (χ3n) is 19.2. The fourth-order valence-corrected chi connectivity index (χ4v) is 12.9. The number of aliphatic hydroxyl groups excluding tert-OH is 9. The van der Waals surface area contributed by atoms with E-state index < -0.39 is 124 Å². The number of rotatable bonds is 75. The van der Waals surface area contributed by atoms with Gasteiger partial charge >= 0.3 is 0 Å². The zero-order chi connectivity index (χ0) is 83.0. The van der Waals surface area contributed by atoms with Gasteiger partial charge in [0.2, 0.25) is 0 Å². The zero-order valence-corrected chi connectivity index (χ0v) is 69.0.